The molecule has 1 heterocycles. The van der Waals surface area contributed by atoms with Gasteiger partial charge in [-0.25, -0.2) is 0 Å². The number of halogens is 2. The molecule has 0 bridgehead atoms. The van der Waals surface area contributed by atoms with Crippen molar-refractivity contribution in [2.75, 3.05) is 5.88 Å². The third-order valence-electron chi connectivity index (χ3n) is 1.51. The summed E-state index contributed by atoms with van der Waals surface area (Å²) in [5.74, 6) is 0.599. The number of carbonyl (C=O) groups is 1. The van der Waals surface area contributed by atoms with Crippen LogP contribution in [0.15, 0.2) is 0 Å². The Kier molecular flexibility index (Phi) is 1.74. The predicted octanol–water partition coefficient (Wildman–Crippen LogP) is 1.53. The molecule has 0 aromatic carbocycles. The van der Waals surface area contributed by atoms with E-state index < -0.39 is 0 Å². The van der Waals surface area contributed by atoms with Gasteiger partial charge < -0.3 is 0 Å². The second kappa shape index (κ2) is 2.13. The van der Waals surface area contributed by atoms with Crippen LogP contribution in [0.3, 0.4) is 0 Å². The highest BCUT2D eigenvalue weighted by Crippen LogP contribution is 2.35. The summed E-state index contributed by atoms with van der Waals surface area (Å²) >= 11 is 8.69. The lowest BCUT2D eigenvalue weighted by atomic mass is 9.92. The number of carbonyl (C=O) groups excluding carboxylic acids is 1. The van der Waals surface area contributed by atoms with E-state index in [2.05, 4.69) is 16.1 Å². The number of rotatable bonds is 1. The Bertz CT molecular complexity index is 152. The van der Waals surface area contributed by atoms with Crippen molar-refractivity contribution < 1.29 is 4.79 Å². The van der Waals surface area contributed by atoms with Crippen LogP contribution in [0.4, 0.5) is 0 Å². The Morgan fingerprint density at radius 3 is 2.67 bits per heavy atom. The van der Waals surface area contributed by atoms with E-state index in [0.717, 1.165) is 0 Å². The standard InChI is InChI=1S/C5H7BrClNO/c1-5(3-7)2-4(9)8(5)6/h2-3H2,1H3. The Hall–Kier alpha value is 0.240. The molecule has 0 saturated carbocycles. The molecule has 1 aliphatic rings. The van der Waals surface area contributed by atoms with Crippen LogP contribution in [-0.4, -0.2) is 21.3 Å². The maximum atomic E-state index is 10.6. The van der Waals surface area contributed by atoms with Crippen LogP contribution >= 0.6 is 27.7 Å². The van der Waals surface area contributed by atoms with Gasteiger partial charge in [0.25, 0.3) is 0 Å². The van der Waals surface area contributed by atoms with Gasteiger partial charge in [0.1, 0.15) is 0 Å². The largest absolute Gasteiger partial charge is 0.274 e. The first-order chi connectivity index (χ1) is 4.10. The summed E-state index contributed by atoms with van der Waals surface area (Å²) in [4.78, 5) is 10.6. The maximum absolute atomic E-state index is 10.6. The SMILES string of the molecule is CC1(CCl)CC(=O)N1Br. The van der Waals surface area contributed by atoms with Gasteiger partial charge in [0.05, 0.1) is 28.1 Å². The smallest absolute Gasteiger partial charge is 0.235 e. The van der Waals surface area contributed by atoms with Gasteiger partial charge in [-0.1, -0.05) is 0 Å². The number of hydrogen-bond acceptors (Lipinski definition) is 1. The van der Waals surface area contributed by atoms with E-state index in [1.165, 1.54) is 3.93 Å². The molecule has 0 N–H and O–H groups in total. The Labute approximate surface area is 67.5 Å². The summed E-state index contributed by atoms with van der Waals surface area (Å²) < 4.78 is 1.51. The first-order valence-corrected chi connectivity index (χ1v) is 3.89. The zero-order chi connectivity index (χ0) is 7.07. The average molecular weight is 212 g/mol. The van der Waals surface area contributed by atoms with Crippen LogP contribution < -0.4 is 0 Å². The summed E-state index contributed by atoms with van der Waals surface area (Å²) in [5, 5.41) is 0. The molecule has 0 aromatic rings. The second-order valence-electron chi connectivity index (χ2n) is 2.48. The third-order valence-corrected chi connectivity index (χ3v) is 3.34. The number of hydrogen-bond donors (Lipinski definition) is 0. The predicted molar refractivity (Wildman–Crippen MR) is 39.5 cm³/mol. The van der Waals surface area contributed by atoms with Crippen molar-refractivity contribution in [1.82, 2.24) is 3.93 Å². The van der Waals surface area contributed by atoms with E-state index in [1.807, 2.05) is 6.92 Å². The molecule has 0 aliphatic carbocycles. The molecule has 1 rings (SSSR count). The van der Waals surface area contributed by atoms with Crippen LogP contribution in [0.1, 0.15) is 13.3 Å². The third kappa shape index (κ3) is 0.964. The molecule has 1 unspecified atom stereocenters. The first kappa shape index (κ1) is 7.35. The van der Waals surface area contributed by atoms with Crippen molar-refractivity contribution in [2.24, 2.45) is 0 Å². The number of β-lactam (4-membered cyclic amide) rings is 1. The summed E-state index contributed by atoms with van der Waals surface area (Å²) in [7, 11) is 0. The minimum atomic E-state index is -0.140. The molecule has 9 heavy (non-hydrogen) atoms. The molecular formula is C5H7BrClNO. The fraction of sp³-hybridized carbons (Fsp3) is 0.800. The highest BCUT2D eigenvalue weighted by atomic mass is 79.9. The zero-order valence-electron chi connectivity index (χ0n) is 5.03. The van der Waals surface area contributed by atoms with Crippen molar-refractivity contribution in [3.05, 3.63) is 0 Å². The number of nitrogens with zero attached hydrogens (tertiary/aromatic N) is 1. The fourth-order valence-corrected chi connectivity index (χ4v) is 1.51. The molecule has 2 nitrogen and oxygen atoms in total. The van der Waals surface area contributed by atoms with Gasteiger partial charge in [-0.3, -0.25) is 8.72 Å². The van der Waals surface area contributed by atoms with Crippen molar-refractivity contribution >= 4 is 33.7 Å². The van der Waals surface area contributed by atoms with Crippen molar-refractivity contribution in [2.45, 2.75) is 18.9 Å². The zero-order valence-corrected chi connectivity index (χ0v) is 7.37. The molecule has 0 spiro atoms. The van der Waals surface area contributed by atoms with Gasteiger partial charge >= 0.3 is 0 Å². The summed E-state index contributed by atoms with van der Waals surface area (Å²) in [5.41, 5.74) is -0.140. The van der Waals surface area contributed by atoms with Crippen LogP contribution in [0.5, 0.6) is 0 Å². The highest BCUT2D eigenvalue weighted by Gasteiger charge is 2.45. The number of amides is 1. The molecule has 0 radical (unpaired) electrons. The molecule has 1 aliphatic heterocycles. The molecule has 1 saturated heterocycles. The van der Waals surface area contributed by atoms with E-state index in [9.17, 15) is 4.79 Å². The minimum Gasteiger partial charge on any atom is -0.274 e. The van der Waals surface area contributed by atoms with Gasteiger partial charge in [-0.15, -0.1) is 11.6 Å². The second-order valence-corrected chi connectivity index (χ2v) is 3.46. The minimum absolute atomic E-state index is 0.109. The lowest BCUT2D eigenvalue weighted by Gasteiger charge is -2.44. The van der Waals surface area contributed by atoms with E-state index in [4.69, 9.17) is 11.6 Å². The van der Waals surface area contributed by atoms with Gasteiger partial charge in [-0.05, 0) is 6.92 Å². The Balaban J connectivity index is 2.58. The molecule has 52 valence electrons. The lowest BCUT2D eigenvalue weighted by molar-refractivity contribution is -0.140. The van der Waals surface area contributed by atoms with Crippen molar-refractivity contribution in [1.29, 1.82) is 0 Å². The molecule has 1 fully saturated rings. The summed E-state index contributed by atoms with van der Waals surface area (Å²) in [6.07, 6.45) is 0.557. The molecule has 0 aromatic heterocycles. The van der Waals surface area contributed by atoms with E-state index in [-0.39, 0.29) is 11.4 Å². The van der Waals surface area contributed by atoms with E-state index >= 15 is 0 Å². The van der Waals surface area contributed by atoms with Gasteiger partial charge in [0.15, 0.2) is 0 Å². The van der Waals surface area contributed by atoms with Crippen LogP contribution in [0, 0.1) is 0 Å². The van der Waals surface area contributed by atoms with Crippen LogP contribution in [-0.2, 0) is 4.79 Å². The van der Waals surface area contributed by atoms with Crippen LogP contribution in [0.2, 0.25) is 0 Å². The maximum Gasteiger partial charge on any atom is 0.235 e. The van der Waals surface area contributed by atoms with Gasteiger partial charge in [-0.2, -0.15) is 0 Å². The average Bonchev–Trinajstić information content (AvgIpc) is 1.87. The summed E-state index contributed by atoms with van der Waals surface area (Å²) in [6.45, 7) is 1.94. The molecule has 1 amide bonds. The molecule has 4 heteroatoms. The first-order valence-electron chi connectivity index (χ1n) is 2.65. The number of alkyl halides is 1. The molecule has 1 atom stereocenters. The topological polar surface area (TPSA) is 20.3 Å². The highest BCUT2D eigenvalue weighted by molar-refractivity contribution is 9.07. The fourth-order valence-electron chi connectivity index (χ4n) is 0.774. The summed E-state index contributed by atoms with van der Waals surface area (Å²) in [6, 6.07) is 0. The lowest BCUT2D eigenvalue weighted by Crippen LogP contribution is -2.57. The monoisotopic (exact) mass is 211 g/mol. The van der Waals surface area contributed by atoms with Crippen molar-refractivity contribution in [3.8, 4) is 0 Å². The molecular weight excluding hydrogens is 205 g/mol. The van der Waals surface area contributed by atoms with E-state index in [0.29, 0.717) is 12.3 Å². The quantitative estimate of drug-likeness (QED) is 0.367. The van der Waals surface area contributed by atoms with Gasteiger partial charge in [0, 0.05) is 5.88 Å². The van der Waals surface area contributed by atoms with E-state index in [1.54, 1.807) is 0 Å². The normalized spacial score (nSPS) is 34.6. The Morgan fingerprint density at radius 2 is 2.56 bits per heavy atom. The Morgan fingerprint density at radius 1 is 2.00 bits per heavy atom. The van der Waals surface area contributed by atoms with Crippen molar-refractivity contribution in [3.63, 3.8) is 0 Å². The van der Waals surface area contributed by atoms with Crippen LogP contribution in [0.25, 0.3) is 0 Å². The van der Waals surface area contributed by atoms with Gasteiger partial charge in [0.2, 0.25) is 5.91 Å².